The van der Waals surface area contributed by atoms with Crippen molar-refractivity contribution in [1.82, 2.24) is 4.90 Å². The zero-order chi connectivity index (χ0) is 24.4. The Morgan fingerprint density at radius 3 is 2.68 bits per heavy atom. The van der Waals surface area contributed by atoms with Gasteiger partial charge in [0.2, 0.25) is 5.91 Å². The molecule has 0 aliphatic carbocycles. The molecule has 1 aliphatic heterocycles. The predicted octanol–water partition coefficient (Wildman–Crippen LogP) is 5.28. The van der Waals surface area contributed by atoms with E-state index in [1.807, 2.05) is 13.0 Å². The van der Waals surface area contributed by atoms with Crippen LogP contribution in [0.15, 0.2) is 63.9 Å². The van der Waals surface area contributed by atoms with Gasteiger partial charge >= 0.3 is 5.97 Å². The van der Waals surface area contributed by atoms with Gasteiger partial charge in [-0.1, -0.05) is 23.7 Å². The van der Waals surface area contributed by atoms with Crippen LogP contribution in [0.4, 0.5) is 10.5 Å². The number of carboxylic acids is 1. The maximum absolute atomic E-state index is 12.7. The largest absolute Gasteiger partial charge is 0.478 e. The van der Waals surface area contributed by atoms with E-state index in [4.69, 9.17) is 16.0 Å². The first kappa shape index (κ1) is 23.3. The highest BCUT2D eigenvalue weighted by Crippen LogP contribution is 2.35. The maximum Gasteiger partial charge on any atom is 0.335 e. The molecule has 0 radical (unpaired) electrons. The molecule has 8 nitrogen and oxygen atoms in total. The molecule has 0 spiro atoms. The first-order valence-corrected chi connectivity index (χ1v) is 11.2. The summed E-state index contributed by atoms with van der Waals surface area (Å²) < 4.78 is 5.71. The zero-order valence-electron chi connectivity index (χ0n) is 17.7. The minimum absolute atomic E-state index is 0.0439. The van der Waals surface area contributed by atoms with Gasteiger partial charge in [0.25, 0.3) is 11.1 Å². The average molecular weight is 497 g/mol. The lowest BCUT2D eigenvalue weighted by Gasteiger charge is -2.12. The number of thioether (sulfide) groups is 1. The summed E-state index contributed by atoms with van der Waals surface area (Å²) in [7, 11) is 0. The second-order valence-electron chi connectivity index (χ2n) is 7.39. The Kier molecular flexibility index (Phi) is 6.58. The van der Waals surface area contributed by atoms with E-state index in [2.05, 4.69) is 5.32 Å². The summed E-state index contributed by atoms with van der Waals surface area (Å²) in [5.74, 6) is -1.65. The van der Waals surface area contributed by atoms with Gasteiger partial charge in [0.1, 0.15) is 18.1 Å². The highest BCUT2D eigenvalue weighted by atomic mass is 35.5. The highest BCUT2D eigenvalue weighted by molar-refractivity contribution is 8.18. The molecule has 1 aromatic heterocycles. The van der Waals surface area contributed by atoms with E-state index in [1.165, 1.54) is 24.3 Å². The molecule has 34 heavy (non-hydrogen) atoms. The monoisotopic (exact) mass is 496 g/mol. The van der Waals surface area contributed by atoms with Crippen LogP contribution in [0.1, 0.15) is 21.7 Å². The Labute approximate surface area is 203 Å². The number of imide groups is 1. The van der Waals surface area contributed by atoms with Crippen molar-refractivity contribution in [2.45, 2.75) is 6.92 Å². The van der Waals surface area contributed by atoms with Crippen LogP contribution in [0.2, 0.25) is 5.02 Å². The lowest BCUT2D eigenvalue weighted by molar-refractivity contribution is -0.127. The molecule has 0 unspecified atom stereocenters. The van der Waals surface area contributed by atoms with Crippen LogP contribution in [0.5, 0.6) is 0 Å². The number of carbonyl (C=O) groups excluding carboxylic acids is 3. The van der Waals surface area contributed by atoms with Gasteiger partial charge in [-0.2, -0.15) is 0 Å². The summed E-state index contributed by atoms with van der Waals surface area (Å²) in [5, 5.41) is 11.6. The number of anilines is 1. The van der Waals surface area contributed by atoms with Gasteiger partial charge in [0.15, 0.2) is 0 Å². The van der Waals surface area contributed by atoms with Crippen molar-refractivity contribution in [2.75, 3.05) is 11.9 Å². The quantitative estimate of drug-likeness (QED) is 0.446. The van der Waals surface area contributed by atoms with E-state index < -0.39 is 29.6 Å². The maximum atomic E-state index is 12.7. The summed E-state index contributed by atoms with van der Waals surface area (Å²) in [6.07, 6.45) is 1.39. The number of halogens is 1. The van der Waals surface area contributed by atoms with E-state index in [9.17, 15) is 24.3 Å². The summed E-state index contributed by atoms with van der Waals surface area (Å²) in [6.45, 7) is 1.46. The number of rotatable bonds is 6. The number of nitrogens with one attached hydrogen (secondary N) is 1. The minimum Gasteiger partial charge on any atom is -0.478 e. The lowest BCUT2D eigenvalue weighted by Crippen LogP contribution is -2.36. The number of amides is 3. The molecule has 1 fully saturated rings. The molecular weight excluding hydrogens is 480 g/mol. The Bertz CT molecular complexity index is 1360. The van der Waals surface area contributed by atoms with Crippen molar-refractivity contribution in [1.29, 1.82) is 0 Å². The number of aryl methyl sites for hydroxylation is 1. The molecule has 3 amide bonds. The van der Waals surface area contributed by atoms with Crippen LogP contribution in [0, 0.1) is 6.92 Å². The predicted molar refractivity (Wildman–Crippen MR) is 129 cm³/mol. The van der Waals surface area contributed by atoms with E-state index in [0.717, 1.165) is 10.5 Å². The van der Waals surface area contributed by atoms with E-state index in [-0.39, 0.29) is 16.2 Å². The molecule has 4 rings (SSSR count). The van der Waals surface area contributed by atoms with Crippen LogP contribution in [-0.2, 0) is 9.59 Å². The van der Waals surface area contributed by atoms with Gasteiger partial charge in [-0.15, -0.1) is 0 Å². The molecule has 0 atom stereocenters. The summed E-state index contributed by atoms with van der Waals surface area (Å²) >= 11 is 6.87. The second-order valence-corrected chi connectivity index (χ2v) is 8.79. The van der Waals surface area contributed by atoms with Crippen molar-refractivity contribution in [3.05, 3.63) is 81.4 Å². The van der Waals surface area contributed by atoms with E-state index in [1.54, 1.807) is 30.3 Å². The molecule has 172 valence electrons. The Morgan fingerprint density at radius 2 is 1.94 bits per heavy atom. The molecule has 2 heterocycles. The number of carbonyl (C=O) groups is 4. The fourth-order valence-electron chi connectivity index (χ4n) is 3.25. The molecule has 0 saturated carbocycles. The number of hydrogen-bond acceptors (Lipinski definition) is 6. The molecule has 2 N–H and O–H groups in total. The second kappa shape index (κ2) is 9.58. The molecule has 3 aromatic rings. The molecule has 1 aliphatic rings. The first-order valence-electron chi connectivity index (χ1n) is 9.96. The zero-order valence-corrected chi connectivity index (χ0v) is 19.3. The Hall–Kier alpha value is -3.82. The third-order valence-electron chi connectivity index (χ3n) is 4.86. The van der Waals surface area contributed by atoms with Crippen molar-refractivity contribution >= 4 is 58.1 Å². The fourth-order valence-corrected chi connectivity index (χ4v) is 4.28. The highest BCUT2D eigenvalue weighted by Gasteiger charge is 2.36. The average Bonchev–Trinajstić information content (AvgIpc) is 3.34. The number of carboxylic acid groups (broad SMARTS) is 1. The standard InChI is InChI=1S/C24H17ClN2O6S/c1-13-3-2-4-15(9-13)26-21(28)12-27-22(29)20(34-24(27)32)11-16-6-8-19(33-16)17-10-14(23(30)31)5-7-18(17)25/h2-11H,12H2,1H3,(H,26,28)(H,30,31)/b20-11+. The molecule has 2 aromatic carbocycles. The van der Waals surface area contributed by atoms with Crippen molar-refractivity contribution < 1.29 is 28.7 Å². The fraction of sp³-hybridized carbons (Fsp3) is 0.0833. The van der Waals surface area contributed by atoms with Crippen LogP contribution in [0.3, 0.4) is 0 Å². The topological polar surface area (TPSA) is 117 Å². The van der Waals surface area contributed by atoms with Gasteiger partial charge in [-0.3, -0.25) is 19.3 Å². The Morgan fingerprint density at radius 1 is 1.15 bits per heavy atom. The van der Waals surface area contributed by atoms with Crippen LogP contribution in [-0.4, -0.2) is 39.6 Å². The molecule has 1 saturated heterocycles. The van der Waals surface area contributed by atoms with Crippen LogP contribution in [0.25, 0.3) is 17.4 Å². The number of furan rings is 1. The summed E-state index contributed by atoms with van der Waals surface area (Å²) in [5.41, 5.74) is 1.95. The van der Waals surface area contributed by atoms with E-state index in [0.29, 0.717) is 33.8 Å². The number of aromatic carboxylic acids is 1. The number of nitrogens with zero attached hydrogens (tertiary/aromatic N) is 1. The van der Waals surface area contributed by atoms with Gasteiger partial charge in [-0.25, -0.2) is 4.79 Å². The summed E-state index contributed by atoms with van der Waals surface area (Å²) in [6, 6.07) is 14.5. The van der Waals surface area contributed by atoms with Crippen molar-refractivity contribution in [3.63, 3.8) is 0 Å². The number of hydrogen-bond donors (Lipinski definition) is 2. The smallest absolute Gasteiger partial charge is 0.335 e. The number of benzene rings is 2. The lowest BCUT2D eigenvalue weighted by atomic mass is 10.1. The first-order chi connectivity index (χ1) is 16.2. The Balaban J connectivity index is 1.49. The SMILES string of the molecule is Cc1cccc(NC(=O)CN2C(=O)S/C(=C/c3ccc(-c4cc(C(=O)O)ccc4Cl)o3)C2=O)c1. The third kappa shape index (κ3) is 5.05. The third-order valence-corrected chi connectivity index (χ3v) is 6.09. The van der Waals surface area contributed by atoms with Crippen LogP contribution < -0.4 is 5.32 Å². The minimum atomic E-state index is -1.11. The molecular formula is C24H17ClN2O6S. The van der Waals surface area contributed by atoms with Crippen molar-refractivity contribution in [3.8, 4) is 11.3 Å². The normalized spacial score (nSPS) is 14.6. The van der Waals surface area contributed by atoms with Gasteiger partial charge in [0, 0.05) is 17.3 Å². The molecule has 0 bridgehead atoms. The summed E-state index contributed by atoms with van der Waals surface area (Å²) in [4.78, 5) is 49.6. The van der Waals surface area contributed by atoms with Crippen LogP contribution >= 0.6 is 23.4 Å². The van der Waals surface area contributed by atoms with Gasteiger partial charge in [-0.05, 0) is 66.7 Å². The van der Waals surface area contributed by atoms with Gasteiger partial charge in [0.05, 0.1) is 15.5 Å². The molecule has 10 heteroatoms. The van der Waals surface area contributed by atoms with E-state index >= 15 is 0 Å². The van der Waals surface area contributed by atoms with Gasteiger partial charge < -0.3 is 14.8 Å². The van der Waals surface area contributed by atoms with Crippen molar-refractivity contribution in [2.24, 2.45) is 0 Å².